The number of nitrogens with zero attached hydrogens (tertiary/aromatic N) is 1. The zero-order valence-electron chi connectivity index (χ0n) is 26.5. The maximum atomic E-state index is 10.4. The third kappa shape index (κ3) is 41.5. The molecule has 234 valence electrons. The van der Waals surface area contributed by atoms with Crippen LogP contribution in [0.3, 0.4) is 0 Å². The molecule has 1 atom stereocenters. The number of rotatable bonds is 28. The first kappa shape index (κ1) is 40.0. The number of unbranched alkanes of at least 4 members (excludes halogenated alkanes) is 22. The van der Waals surface area contributed by atoms with Gasteiger partial charge in [0.05, 0.1) is 21.1 Å². The Hall–Kier alpha value is -1.14. The van der Waals surface area contributed by atoms with Crippen molar-refractivity contribution in [1.29, 1.82) is 0 Å². The molecule has 0 aromatic rings. The molecule has 0 heterocycles. The van der Waals surface area contributed by atoms with Gasteiger partial charge in [0.2, 0.25) is 0 Å². The Morgan fingerprint density at radius 2 is 0.872 bits per heavy atom. The van der Waals surface area contributed by atoms with Crippen LogP contribution in [0.4, 0.5) is 0 Å². The van der Waals surface area contributed by atoms with Crippen molar-refractivity contribution in [3.05, 3.63) is 0 Å². The number of quaternary nitrogens is 1. The summed E-state index contributed by atoms with van der Waals surface area (Å²) >= 11 is 0. The highest BCUT2D eigenvalue weighted by Crippen LogP contribution is 2.15. The molecule has 0 rings (SSSR count). The van der Waals surface area contributed by atoms with Gasteiger partial charge < -0.3 is 24.6 Å². The van der Waals surface area contributed by atoms with Crippen LogP contribution in [-0.4, -0.2) is 60.4 Å². The Labute approximate surface area is 242 Å². The molecule has 0 bridgehead atoms. The quantitative estimate of drug-likeness (QED) is 0.0760. The number of carboxylic acids is 2. The van der Waals surface area contributed by atoms with Crippen molar-refractivity contribution < 1.29 is 29.4 Å². The number of carbonyl (C=O) groups is 2. The standard InChI is InChI=1S/C26H52O2.C7H15NO3/c1-2-3-4-5-6-7-8-9-10-11-12-13-14-15-16-17-18-19-20-21-22-23-24-25-26(27)28;1-8(2,3)5-6(9)4-7(10)11/h2-25H2,1H3,(H,27,28);6,9H,4-5H2,1-3H3. The van der Waals surface area contributed by atoms with Gasteiger partial charge in [-0.05, 0) is 6.42 Å². The molecule has 6 nitrogen and oxygen atoms in total. The molecular weight excluding hydrogens is 490 g/mol. The average molecular weight is 558 g/mol. The SMILES string of the molecule is CCCCCCCCCCCCCCCCCCCCCCCCCC(=O)O.C[N+](C)(C)CC(O)CC(=O)[O-]. The van der Waals surface area contributed by atoms with Gasteiger partial charge in [-0.3, -0.25) is 4.79 Å². The van der Waals surface area contributed by atoms with Crippen molar-refractivity contribution in [2.24, 2.45) is 0 Å². The normalized spacial score (nSPS) is 12.1. The molecule has 1 unspecified atom stereocenters. The van der Waals surface area contributed by atoms with Gasteiger partial charge >= 0.3 is 5.97 Å². The number of aliphatic hydroxyl groups is 1. The molecule has 0 saturated carbocycles. The van der Waals surface area contributed by atoms with Crippen LogP contribution in [0.25, 0.3) is 0 Å². The summed E-state index contributed by atoms with van der Waals surface area (Å²) in [5, 5.41) is 27.7. The molecule has 2 N–H and O–H groups in total. The average Bonchev–Trinajstić information content (AvgIpc) is 2.83. The number of hydrogen-bond acceptors (Lipinski definition) is 4. The Bertz CT molecular complexity index is 533. The van der Waals surface area contributed by atoms with Gasteiger partial charge in [-0.25, -0.2) is 0 Å². The summed E-state index contributed by atoms with van der Waals surface area (Å²) in [7, 11) is 5.66. The first-order valence-corrected chi connectivity index (χ1v) is 16.5. The van der Waals surface area contributed by atoms with Crippen molar-refractivity contribution in [3.8, 4) is 0 Å². The van der Waals surface area contributed by atoms with Crippen molar-refractivity contribution >= 4 is 11.9 Å². The van der Waals surface area contributed by atoms with Crippen LogP contribution in [0.1, 0.15) is 167 Å². The van der Waals surface area contributed by atoms with Crippen LogP contribution in [0.5, 0.6) is 0 Å². The van der Waals surface area contributed by atoms with Crippen LogP contribution in [-0.2, 0) is 9.59 Å². The predicted octanol–water partition coefficient (Wildman–Crippen LogP) is 7.65. The van der Waals surface area contributed by atoms with Crippen LogP contribution in [0, 0.1) is 0 Å². The minimum atomic E-state index is -1.20. The maximum absolute atomic E-state index is 10.4. The van der Waals surface area contributed by atoms with Gasteiger partial charge in [0.1, 0.15) is 12.6 Å². The van der Waals surface area contributed by atoms with E-state index in [-0.39, 0.29) is 6.42 Å². The smallest absolute Gasteiger partial charge is 0.303 e. The zero-order chi connectivity index (χ0) is 29.6. The van der Waals surface area contributed by atoms with E-state index in [0.717, 1.165) is 12.8 Å². The molecule has 39 heavy (non-hydrogen) atoms. The summed E-state index contributed by atoms with van der Waals surface area (Å²) in [5.41, 5.74) is 0. The minimum Gasteiger partial charge on any atom is -0.550 e. The van der Waals surface area contributed by atoms with Gasteiger partial charge in [-0.2, -0.15) is 0 Å². The van der Waals surface area contributed by atoms with Crippen molar-refractivity contribution in [2.45, 2.75) is 174 Å². The fraction of sp³-hybridized carbons (Fsp3) is 0.939. The molecule has 0 saturated heterocycles. The van der Waals surface area contributed by atoms with E-state index in [0.29, 0.717) is 17.4 Å². The van der Waals surface area contributed by atoms with Crippen molar-refractivity contribution in [2.75, 3.05) is 27.7 Å². The molecule has 0 aromatic heterocycles. The molecule has 0 fully saturated rings. The van der Waals surface area contributed by atoms with Crippen LogP contribution < -0.4 is 5.11 Å². The molecule has 0 aliphatic carbocycles. The van der Waals surface area contributed by atoms with Crippen LogP contribution in [0.15, 0.2) is 0 Å². The Kier molecular flexibility index (Phi) is 30.6. The van der Waals surface area contributed by atoms with Crippen LogP contribution in [0.2, 0.25) is 0 Å². The molecule has 0 radical (unpaired) electrons. The second kappa shape index (κ2) is 29.8. The molecule has 0 aliphatic heterocycles. The Balaban J connectivity index is 0. The molecule has 6 heteroatoms. The lowest BCUT2D eigenvalue weighted by Crippen LogP contribution is -2.43. The topological polar surface area (TPSA) is 97.7 Å². The number of carbonyl (C=O) groups excluding carboxylic acids is 1. The van der Waals surface area contributed by atoms with Crippen molar-refractivity contribution in [1.82, 2.24) is 0 Å². The van der Waals surface area contributed by atoms with Gasteiger partial charge in [0.25, 0.3) is 0 Å². The zero-order valence-corrected chi connectivity index (χ0v) is 26.5. The van der Waals surface area contributed by atoms with E-state index < -0.39 is 18.0 Å². The summed E-state index contributed by atoms with van der Waals surface area (Å²) in [6.07, 6.45) is 30.9. The second-order valence-electron chi connectivity index (χ2n) is 12.6. The largest absolute Gasteiger partial charge is 0.550 e. The minimum absolute atomic E-state index is 0.282. The van der Waals surface area contributed by atoms with E-state index in [4.69, 9.17) is 10.2 Å². The highest BCUT2D eigenvalue weighted by Gasteiger charge is 2.14. The Morgan fingerprint density at radius 1 is 0.590 bits per heavy atom. The van der Waals surface area contributed by atoms with Gasteiger partial charge in [-0.15, -0.1) is 0 Å². The highest BCUT2D eigenvalue weighted by atomic mass is 16.4. The number of carboxylic acid groups (broad SMARTS) is 2. The molecule has 0 amide bonds. The third-order valence-electron chi connectivity index (χ3n) is 7.15. The highest BCUT2D eigenvalue weighted by molar-refractivity contribution is 5.66. The first-order chi connectivity index (χ1) is 18.6. The van der Waals surface area contributed by atoms with Gasteiger partial charge in [-0.1, -0.05) is 148 Å². The summed E-state index contributed by atoms with van der Waals surface area (Å²) in [5.74, 6) is -1.85. The molecular formula is C33H67NO5. The fourth-order valence-corrected chi connectivity index (χ4v) is 4.95. The summed E-state index contributed by atoms with van der Waals surface area (Å²) < 4.78 is 0.550. The number of aliphatic hydroxyl groups excluding tert-OH is 1. The number of likely N-dealkylation sites (N-methyl/N-ethyl adjacent to an activating group) is 1. The molecule has 0 spiro atoms. The fourth-order valence-electron chi connectivity index (χ4n) is 4.95. The second-order valence-corrected chi connectivity index (χ2v) is 12.6. The van der Waals surface area contributed by atoms with E-state index in [1.807, 2.05) is 21.1 Å². The van der Waals surface area contributed by atoms with E-state index in [9.17, 15) is 14.7 Å². The summed E-state index contributed by atoms with van der Waals surface area (Å²) in [6, 6.07) is 0. The van der Waals surface area contributed by atoms with E-state index >= 15 is 0 Å². The van der Waals surface area contributed by atoms with Gasteiger partial charge in [0.15, 0.2) is 0 Å². The Morgan fingerprint density at radius 3 is 1.10 bits per heavy atom. The molecule has 0 aromatic carbocycles. The lowest BCUT2D eigenvalue weighted by molar-refractivity contribution is -0.873. The summed E-state index contributed by atoms with van der Waals surface area (Å²) in [6.45, 7) is 2.72. The summed E-state index contributed by atoms with van der Waals surface area (Å²) in [4.78, 5) is 20.4. The predicted molar refractivity (Wildman–Crippen MR) is 163 cm³/mol. The van der Waals surface area contributed by atoms with Gasteiger partial charge in [0, 0.05) is 18.8 Å². The monoisotopic (exact) mass is 558 g/mol. The number of hydrogen-bond donors (Lipinski definition) is 2. The van der Waals surface area contributed by atoms with Crippen LogP contribution >= 0.6 is 0 Å². The van der Waals surface area contributed by atoms with Crippen molar-refractivity contribution in [3.63, 3.8) is 0 Å². The lowest BCUT2D eigenvalue weighted by atomic mass is 10.0. The molecule has 0 aliphatic rings. The number of aliphatic carboxylic acids is 2. The van der Waals surface area contributed by atoms with E-state index in [2.05, 4.69) is 6.92 Å². The first-order valence-electron chi connectivity index (χ1n) is 16.5. The van der Waals surface area contributed by atoms with E-state index in [1.54, 1.807) is 0 Å². The third-order valence-corrected chi connectivity index (χ3v) is 7.15. The van der Waals surface area contributed by atoms with E-state index in [1.165, 1.54) is 135 Å². The maximum Gasteiger partial charge on any atom is 0.303 e. The lowest BCUT2D eigenvalue weighted by Gasteiger charge is -2.26.